The SMILES string of the molecule is N#Cc1ccc(NCCNCC(=O)N2C[C@@H](F)C[C@H]2C#N)nc1.O=C(O)/C=C\C(=O)O. The minimum absolute atomic E-state index is 0.00779. The average molecular weight is 432 g/mol. The molecule has 11 nitrogen and oxygen atoms in total. The largest absolute Gasteiger partial charge is 0.478 e. The van der Waals surface area contributed by atoms with E-state index in [1.807, 2.05) is 12.1 Å². The van der Waals surface area contributed by atoms with Crippen molar-refractivity contribution >= 4 is 23.7 Å². The van der Waals surface area contributed by atoms with Crippen LogP contribution in [0.25, 0.3) is 0 Å². The minimum atomic E-state index is -1.26. The Labute approximate surface area is 177 Å². The number of alkyl halides is 1. The van der Waals surface area contributed by atoms with Crippen LogP contribution in [0.1, 0.15) is 12.0 Å². The number of halogens is 1. The highest BCUT2D eigenvalue weighted by Crippen LogP contribution is 2.19. The Morgan fingerprint density at radius 1 is 1.23 bits per heavy atom. The Kier molecular flexibility index (Phi) is 10.7. The molecule has 0 spiro atoms. The van der Waals surface area contributed by atoms with E-state index in [1.165, 1.54) is 11.1 Å². The molecule has 0 saturated carbocycles. The fourth-order valence-electron chi connectivity index (χ4n) is 2.47. The lowest BCUT2D eigenvalue weighted by Crippen LogP contribution is -2.41. The number of carbonyl (C=O) groups is 3. The number of nitrogens with zero attached hydrogens (tertiary/aromatic N) is 4. The Hall–Kier alpha value is -4.03. The van der Waals surface area contributed by atoms with E-state index in [2.05, 4.69) is 15.6 Å². The van der Waals surface area contributed by atoms with Gasteiger partial charge in [-0.3, -0.25) is 4.79 Å². The van der Waals surface area contributed by atoms with Crippen molar-refractivity contribution in [2.24, 2.45) is 0 Å². The number of carbonyl (C=O) groups excluding carboxylic acids is 1. The molecular weight excluding hydrogens is 411 g/mol. The zero-order valence-corrected chi connectivity index (χ0v) is 16.4. The lowest BCUT2D eigenvalue weighted by atomic mass is 10.2. The molecule has 1 aromatic rings. The molecule has 0 radical (unpaired) electrons. The van der Waals surface area contributed by atoms with Gasteiger partial charge in [-0.05, 0) is 12.1 Å². The van der Waals surface area contributed by atoms with Crippen LogP contribution in [0.3, 0.4) is 0 Å². The number of hydrogen-bond acceptors (Lipinski definition) is 8. The topological polar surface area (TPSA) is 179 Å². The molecule has 31 heavy (non-hydrogen) atoms. The smallest absolute Gasteiger partial charge is 0.328 e. The molecular formula is C19H21FN6O5. The van der Waals surface area contributed by atoms with Gasteiger partial charge in [0.05, 0.1) is 24.7 Å². The van der Waals surface area contributed by atoms with E-state index in [1.54, 1.807) is 12.1 Å². The molecule has 4 N–H and O–H groups in total. The second-order valence-electron chi connectivity index (χ2n) is 6.18. The maximum atomic E-state index is 13.3. The summed E-state index contributed by atoms with van der Waals surface area (Å²) < 4.78 is 13.3. The maximum Gasteiger partial charge on any atom is 0.328 e. The molecule has 164 valence electrons. The lowest BCUT2D eigenvalue weighted by Gasteiger charge is -2.19. The molecule has 12 heteroatoms. The minimum Gasteiger partial charge on any atom is -0.478 e. The standard InChI is InChI=1S/C15H17FN6O.C4H4O4/c16-12-5-13(7-18)22(10-12)15(23)9-19-3-4-20-14-2-1-11(6-17)8-21-14;5-3(6)1-2-4(7)8/h1-2,8,12-13,19H,3-5,9-10H2,(H,20,21);1-2H,(H,5,6)(H,7,8)/b;2-1-/t12-,13-;/m0./s1. The van der Waals surface area contributed by atoms with Gasteiger partial charge in [0.15, 0.2) is 0 Å². The van der Waals surface area contributed by atoms with Gasteiger partial charge in [0.2, 0.25) is 5.91 Å². The first kappa shape index (κ1) is 25.0. The van der Waals surface area contributed by atoms with E-state index in [0.717, 1.165) is 0 Å². The summed E-state index contributed by atoms with van der Waals surface area (Å²) in [5.41, 5.74) is 0.489. The molecule has 2 atom stereocenters. The molecule has 2 rings (SSSR count). The third kappa shape index (κ3) is 9.83. The van der Waals surface area contributed by atoms with E-state index in [9.17, 15) is 18.8 Å². The van der Waals surface area contributed by atoms with E-state index in [-0.39, 0.29) is 25.4 Å². The summed E-state index contributed by atoms with van der Waals surface area (Å²) in [6.07, 6.45) is 1.56. The van der Waals surface area contributed by atoms with Gasteiger partial charge in [-0.15, -0.1) is 0 Å². The number of nitriles is 2. The van der Waals surface area contributed by atoms with Gasteiger partial charge in [0.1, 0.15) is 24.1 Å². The van der Waals surface area contributed by atoms with Crippen LogP contribution in [-0.2, 0) is 14.4 Å². The number of amides is 1. The van der Waals surface area contributed by atoms with Crippen molar-refractivity contribution in [2.45, 2.75) is 18.6 Å². The number of carboxylic acids is 2. The summed E-state index contributed by atoms with van der Waals surface area (Å²) in [5, 5.41) is 39.2. The fraction of sp³-hybridized carbons (Fsp3) is 0.368. The summed E-state index contributed by atoms with van der Waals surface area (Å²) in [4.78, 5) is 36.4. The van der Waals surface area contributed by atoms with Crippen LogP contribution in [-0.4, -0.2) is 76.3 Å². The first-order valence-electron chi connectivity index (χ1n) is 9.04. The number of hydrogen-bond donors (Lipinski definition) is 4. The summed E-state index contributed by atoms with van der Waals surface area (Å²) in [6.45, 7) is 1.11. The molecule has 1 aromatic heterocycles. The van der Waals surface area contributed by atoms with Gasteiger partial charge in [-0.1, -0.05) is 0 Å². The Bertz CT molecular complexity index is 861. The zero-order valence-electron chi connectivity index (χ0n) is 16.4. The Morgan fingerprint density at radius 2 is 1.90 bits per heavy atom. The number of nitrogens with one attached hydrogen (secondary N) is 2. The van der Waals surface area contributed by atoms with Crippen LogP contribution in [0.15, 0.2) is 30.5 Å². The maximum absolute atomic E-state index is 13.3. The van der Waals surface area contributed by atoms with E-state index in [4.69, 9.17) is 20.7 Å². The Morgan fingerprint density at radius 3 is 2.42 bits per heavy atom. The third-order valence-corrected chi connectivity index (χ3v) is 3.86. The van der Waals surface area contributed by atoms with Crippen molar-refractivity contribution in [3.8, 4) is 12.1 Å². The summed E-state index contributed by atoms with van der Waals surface area (Å²) >= 11 is 0. The highest BCUT2D eigenvalue weighted by atomic mass is 19.1. The van der Waals surface area contributed by atoms with E-state index in [0.29, 0.717) is 36.6 Å². The van der Waals surface area contributed by atoms with Crippen molar-refractivity contribution < 1.29 is 29.0 Å². The average Bonchev–Trinajstić information content (AvgIpc) is 3.13. The summed E-state index contributed by atoms with van der Waals surface area (Å²) in [6, 6.07) is 6.63. The third-order valence-electron chi connectivity index (χ3n) is 3.86. The highest BCUT2D eigenvalue weighted by Gasteiger charge is 2.34. The molecule has 1 fully saturated rings. The quantitative estimate of drug-likeness (QED) is 0.326. The van der Waals surface area contributed by atoms with E-state index < -0.39 is 24.2 Å². The van der Waals surface area contributed by atoms with Crippen LogP contribution in [0.2, 0.25) is 0 Å². The monoisotopic (exact) mass is 432 g/mol. The second kappa shape index (κ2) is 13.2. The molecule has 0 unspecified atom stereocenters. The number of rotatable bonds is 8. The summed E-state index contributed by atoms with van der Waals surface area (Å²) in [7, 11) is 0. The van der Waals surface area contributed by atoms with Gasteiger partial charge in [-0.25, -0.2) is 19.0 Å². The van der Waals surface area contributed by atoms with Crippen LogP contribution in [0.5, 0.6) is 0 Å². The number of anilines is 1. The number of carboxylic acid groups (broad SMARTS) is 2. The van der Waals surface area contributed by atoms with Crippen molar-refractivity contribution in [3.05, 3.63) is 36.0 Å². The lowest BCUT2D eigenvalue weighted by molar-refractivity contribution is -0.134. The summed E-state index contributed by atoms with van der Waals surface area (Å²) in [5.74, 6) is -2.14. The number of pyridine rings is 1. The Balaban J connectivity index is 0.000000512. The number of aromatic nitrogens is 1. The molecule has 0 bridgehead atoms. The first-order chi connectivity index (χ1) is 14.8. The van der Waals surface area contributed by atoms with E-state index >= 15 is 0 Å². The van der Waals surface area contributed by atoms with Gasteiger partial charge in [0.25, 0.3) is 0 Å². The predicted molar refractivity (Wildman–Crippen MR) is 105 cm³/mol. The fourth-order valence-corrected chi connectivity index (χ4v) is 2.47. The molecule has 2 heterocycles. The molecule has 0 aliphatic carbocycles. The second-order valence-corrected chi connectivity index (χ2v) is 6.18. The highest BCUT2D eigenvalue weighted by molar-refractivity contribution is 5.89. The van der Waals surface area contributed by atoms with Crippen molar-refractivity contribution in [3.63, 3.8) is 0 Å². The van der Waals surface area contributed by atoms with Crippen LogP contribution in [0, 0.1) is 22.7 Å². The van der Waals surface area contributed by atoms with Gasteiger partial charge in [0, 0.05) is 37.9 Å². The van der Waals surface area contributed by atoms with Gasteiger partial charge < -0.3 is 25.7 Å². The van der Waals surface area contributed by atoms with Crippen molar-refractivity contribution in [2.75, 3.05) is 31.5 Å². The van der Waals surface area contributed by atoms with Crippen LogP contribution < -0.4 is 10.6 Å². The van der Waals surface area contributed by atoms with Gasteiger partial charge >= 0.3 is 11.9 Å². The van der Waals surface area contributed by atoms with Gasteiger partial charge in [-0.2, -0.15) is 10.5 Å². The molecule has 1 aliphatic heterocycles. The molecule has 1 saturated heterocycles. The number of aliphatic carboxylic acids is 2. The molecule has 1 amide bonds. The van der Waals surface area contributed by atoms with Crippen molar-refractivity contribution in [1.82, 2.24) is 15.2 Å². The molecule has 0 aromatic carbocycles. The van der Waals surface area contributed by atoms with Crippen molar-refractivity contribution in [1.29, 1.82) is 10.5 Å². The normalized spacial score (nSPS) is 17.2. The number of likely N-dealkylation sites (tertiary alicyclic amines) is 1. The predicted octanol–water partition coefficient (Wildman–Crippen LogP) is 0.129. The zero-order chi connectivity index (χ0) is 23.2. The van der Waals surface area contributed by atoms with Crippen LogP contribution >= 0.6 is 0 Å². The molecule has 1 aliphatic rings. The first-order valence-corrected chi connectivity index (χ1v) is 9.04. The van der Waals surface area contributed by atoms with Crippen LogP contribution in [0.4, 0.5) is 10.2 Å².